The van der Waals surface area contributed by atoms with E-state index in [1.54, 1.807) is 10.9 Å². The zero-order chi connectivity index (χ0) is 10.7. The van der Waals surface area contributed by atoms with Gasteiger partial charge in [-0.15, -0.1) is 0 Å². The predicted molar refractivity (Wildman–Crippen MR) is 58.9 cm³/mol. The first kappa shape index (κ1) is 10.4. The maximum Gasteiger partial charge on any atom is 0.168 e. The molecule has 1 heterocycles. The molecule has 2 rings (SSSR count). The van der Waals surface area contributed by atoms with Gasteiger partial charge in [0.15, 0.2) is 6.29 Å². The molecule has 0 radical (unpaired) electrons. The van der Waals surface area contributed by atoms with Crippen LogP contribution in [0.25, 0.3) is 0 Å². The summed E-state index contributed by atoms with van der Waals surface area (Å²) in [6, 6.07) is 0. The number of rotatable bonds is 4. The van der Waals surface area contributed by atoms with Crippen LogP contribution >= 0.6 is 0 Å². The Hall–Kier alpha value is -1.12. The first-order chi connectivity index (χ1) is 7.31. The number of aryl methyl sites for hydroxylation is 2. The molecule has 0 atom stereocenters. The van der Waals surface area contributed by atoms with Crippen molar-refractivity contribution in [1.29, 1.82) is 0 Å². The van der Waals surface area contributed by atoms with E-state index in [4.69, 9.17) is 0 Å². The van der Waals surface area contributed by atoms with E-state index in [0.29, 0.717) is 0 Å². The number of aldehydes is 1. The summed E-state index contributed by atoms with van der Waals surface area (Å²) >= 11 is 0. The number of carbonyl (C=O) groups excluding carboxylic acids is 1. The van der Waals surface area contributed by atoms with Gasteiger partial charge in [0.05, 0.1) is 12.0 Å². The maximum atomic E-state index is 10.8. The minimum absolute atomic E-state index is 0.744. The van der Waals surface area contributed by atoms with E-state index >= 15 is 0 Å². The highest BCUT2D eigenvalue weighted by Gasteiger charge is 2.16. The normalized spacial score (nSPS) is 17.1. The molecule has 0 N–H and O–H groups in total. The van der Waals surface area contributed by atoms with Gasteiger partial charge in [-0.25, -0.2) is 4.98 Å². The lowest BCUT2D eigenvalue weighted by atomic mass is 10.0. The number of nitrogens with zero attached hydrogens (tertiary/aromatic N) is 2. The number of aromatic nitrogens is 2. The smallest absolute Gasteiger partial charge is 0.168 e. The monoisotopic (exact) mass is 206 g/mol. The van der Waals surface area contributed by atoms with Gasteiger partial charge in [0.1, 0.15) is 5.69 Å². The third-order valence-corrected chi connectivity index (χ3v) is 3.44. The number of hydrogen-bond donors (Lipinski definition) is 0. The molecule has 0 bridgehead atoms. The van der Waals surface area contributed by atoms with Crippen LogP contribution < -0.4 is 0 Å². The Bertz CT molecular complexity index is 337. The molecule has 0 unspecified atom stereocenters. The molecule has 0 spiro atoms. The Labute approximate surface area is 90.5 Å². The van der Waals surface area contributed by atoms with Crippen molar-refractivity contribution in [2.75, 3.05) is 0 Å². The molecular formula is C12H18N2O. The van der Waals surface area contributed by atoms with Gasteiger partial charge in [0.2, 0.25) is 0 Å². The summed E-state index contributed by atoms with van der Waals surface area (Å²) in [5.41, 5.74) is 1.72. The summed E-state index contributed by atoms with van der Waals surface area (Å²) in [7, 11) is 1.87. The molecule has 1 saturated carbocycles. The Balaban J connectivity index is 1.94. The fourth-order valence-corrected chi connectivity index (χ4v) is 2.47. The zero-order valence-electron chi connectivity index (χ0n) is 9.28. The highest BCUT2D eigenvalue weighted by Crippen LogP contribution is 2.28. The van der Waals surface area contributed by atoms with E-state index < -0.39 is 0 Å². The van der Waals surface area contributed by atoms with Crippen LogP contribution in [-0.2, 0) is 13.5 Å². The molecular weight excluding hydrogens is 188 g/mol. The molecule has 1 aromatic rings. The standard InChI is InChI=1S/C12H18N2O/c1-14-9-13-11(12(14)8-15)7-6-10-4-2-3-5-10/h8-10H,2-7H2,1H3. The van der Waals surface area contributed by atoms with Gasteiger partial charge in [0, 0.05) is 7.05 Å². The van der Waals surface area contributed by atoms with Crippen molar-refractivity contribution >= 4 is 6.29 Å². The van der Waals surface area contributed by atoms with Crippen LogP contribution in [-0.4, -0.2) is 15.8 Å². The van der Waals surface area contributed by atoms with Crippen molar-refractivity contribution in [2.45, 2.75) is 38.5 Å². The summed E-state index contributed by atoms with van der Waals surface area (Å²) in [6.07, 6.45) is 10.3. The molecule has 0 aromatic carbocycles. The molecule has 3 nitrogen and oxygen atoms in total. The average molecular weight is 206 g/mol. The van der Waals surface area contributed by atoms with Gasteiger partial charge in [-0.3, -0.25) is 4.79 Å². The van der Waals surface area contributed by atoms with Crippen LogP contribution in [0.3, 0.4) is 0 Å². The lowest BCUT2D eigenvalue weighted by Gasteiger charge is -2.07. The van der Waals surface area contributed by atoms with E-state index in [0.717, 1.165) is 30.0 Å². The third-order valence-electron chi connectivity index (χ3n) is 3.44. The lowest BCUT2D eigenvalue weighted by molar-refractivity contribution is 0.111. The van der Waals surface area contributed by atoms with Gasteiger partial charge in [-0.05, 0) is 18.8 Å². The largest absolute Gasteiger partial charge is 0.331 e. The van der Waals surface area contributed by atoms with Crippen molar-refractivity contribution in [3.8, 4) is 0 Å². The molecule has 0 aliphatic heterocycles. The minimum Gasteiger partial charge on any atom is -0.331 e. The third kappa shape index (κ3) is 2.28. The van der Waals surface area contributed by atoms with Gasteiger partial charge in [-0.1, -0.05) is 25.7 Å². The van der Waals surface area contributed by atoms with E-state index in [9.17, 15) is 4.79 Å². The molecule has 3 heteroatoms. The molecule has 0 amide bonds. The van der Waals surface area contributed by atoms with Crippen molar-refractivity contribution in [3.05, 3.63) is 17.7 Å². The summed E-state index contributed by atoms with van der Waals surface area (Å²) in [5, 5.41) is 0. The van der Waals surface area contributed by atoms with Crippen molar-refractivity contribution in [1.82, 2.24) is 9.55 Å². The van der Waals surface area contributed by atoms with Crippen molar-refractivity contribution < 1.29 is 4.79 Å². The van der Waals surface area contributed by atoms with Crippen LogP contribution in [0.5, 0.6) is 0 Å². The average Bonchev–Trinajstić information content (AvgIpc) is 2.84. The van der Waals surface area contributed by atoms with Gasteiger partial charge >= 0.3 is 0 Å². The van der Waals surface area contributed by atoms with Crippen LogP contribution in [0.15, 0.2) is 6.33 Å². The second kappa shape index (κ2) is 4.60. The number of hydrogen-bond acceptors (Lipinski definition) is 2. The summed E-state index contributed by atoms with van der Waals surface area (Å²) < 4.78 is 1.80. The predicted octanol–water partition coefficient (Wildman–Crippen LogP) is 2.36. The molecule has 1 fully saturated rings. The molecule has 15 heavy (non-hydrogen) atoms. The first-order valence-electron chi connectivity index (χ1n) is 5.76. The minimum atomic E-state index is 0.744. The van der Waals surface area contributed by atoms with E-state index in [1.165, 1.54) is 32.1 Å². The van der Waals surface area contributed by atoms with E-state index in [1.807, 2.05) is 7.05 Å². The van der Waals surface area contributed by atoms with Crippen molar-refractivity contribution in [2.24, 2.45) is 13.0 Å². The van der Waals surface area contributed by atoms with Crippen LogP contribution in [0, 0.1) is 5.92 Å². The maximum absolute atomic E-state index is 10.8. The lowest BCUT2D eigenvalue weighted by Crippen LogP contribution is -2.01. The van der Waals surface area contributed by atoms with Crippen LogP contribution in [0.4, 0.5) is 0 Å². The first-order valence-corrected chi connectivity index (χ1v) is 5.76. The molecule has 1 aliphatic carbocycles. The molecule has 1 aliphatic rings. The molecule has 82 valence electrons. The summed E-state index contributed by atoms with van der Waals surface area (Å²) in [5.74, 6) is 0.867. The highest BCUT2D eigenvalue weighted by molar-refractivity contribution is 5.73. The Morgan fingerprint density at radius 3 is 2.93 bits per heavy atom. The SMILES string of the molecule is Cn1cnc(CCC2CCCC2)c1C=O. The Morgan fingerprint density at radius 2 is 2.27 bits per heavy atom. The fraction of sp³-hybridized carbons (Fsp3) is 0.667. The van der Waals surface area contributed by atoms with Gasteiger partial charge in [-0.2, -0.15) is 0 Å². The fourth-order valence-electron chi connectivity index (χ4n) is 2.47. The zero-order valence-corrected chi connectivity index (χ0v) is 9.28. The van der Waals surface area contributed by atoms with Gasteiger partial charge in [0.25, 0.3) is 0 Å². The molecule has 1 aromatic heterocycles. The second-order valence-electron chi connectivity index (χ2n) is 4.49. The van der Waals surface area contributed by atoms with Crippen molar-refractivity contribution in [3.63, 3.8) is 0 Å². The number of imidazole rings is 1. The van der Waals surface area contributed by atoms with E-state index in [2.05, 4.69) is 4.98 Å². The van der Waals surface area contributed by atoms with Crippen LogP contribution in [0.2, 0.25) is 0 Å². The summed E-state index contributed by atoms with van der Waals surface area (Å²) in [4.78, 5) is 15.1. The Morgan fingerprint density at radius 1 is 1.53 bits per heavy atom. The quantitative estimate of drug-likeness (QED) is 0.709. The number of carbonyl (C=O) groups is 1. The van der Waals surface area contributed by atoms with E-state index in [-0.39, 0.29) is 0 Å². The summed E-state index contributed by atoms with van der Waals surface area (Å²) in [6.45, 7) is 0. The topological polar surface area (TPSA) is 34.9 Å². The van der Waals surface area contributed by atoms with Gasteiger partial charge < -0.3 is 4.57 Å². The van der Waals surface area contributed by atoms with Crippen LogP contribution in [0.1, 0.15) is 48.3 Å². The second-order valence-corrected chi connectivity index (χ2v) is 4.49. The highest BCUT2D eigenvalue weighted by atomic mass is 16.1. The molecule has 0 saturated heterocycles. The Kier molecular flexibility index (Phi) is 3.19.